The van der Waals surface area contributed by atoms with Crippen LogP contribution < -0.4 is 0 Å². The number of hydrogen-bond donors (Lipinski definition) is 3. The average molecular weight is 935 g/mol. The number of fused-ring (bicyclic) bond motifs is 10. The number of esters is 1. The van der Waals surface area contributed by atoms with Gasteiger partial charge < -0.3 is 29.5 Å². The van der Waals surface area contributed by atoms with Crippen molar-refractivity contribution in [2.24, 2.45) is 69.0 Å². The molecule has 0 aromatic rings. The van der Waals surface area contributed by atoms with Crippen LogP contribution in [0.25, 0.3) is 0 Å². The van der Waals surface area contributed by atoms with Crippen LogP contribution in [0.3, 0.4) is 0 Å². The van der Waals surface area contributed by atoms with Crippen LogP contribution in [0.15, 0.2) is 0 Å². The van der Waals surface area contributed by atoms with Gasteiger partial charge in [-0.15, -0.1) is 0 Å². The molecular formula is C56H94N4O7. The molecule has 380 valence electrons. The van der Waals surface area contributed by atoms with Crippen LogP contribution in [0, 0.1) is 69.0 Å². The third kappa shape index (κ3) is 8.27. The first kappa shape index (κ1) is 48.4. The van der Waals surface area contributed by atoms with E-state index in [4.69, 9.17) is 14.2 Å². The number of carbonyl (C=O) groups is 1. The van der Waals surface area contributed by atoms with Crippen molar-refractivity contribution in [2.75, 3.05) is 78.8 Å². The van der Waals surface area contributed by atoms with Gasteiger partial charge in [0, 0.05) is 62.7 Å². The first-order chi connectivity index (χ1) is 32.2. The number of hydrogen-bond acceptors (Lipinski definition) is 11. The molecule has 8 saturated carbocycles. The van der Waals surface area contributed by atoms with Gasteiger partial charge in [0.1, 0.15) is 6.10 Å². The van der Waals surface area contributed by atoms with E-state index in [-0.39, 0.29) is 47.3 Å². The predicted octanol–water partition coefficient (Wildman–Crippen LogP) is 6.84. The number of rotatable bonds is 5. The molecule has 0 bridgehead atoms. The SMILES string of the molecule is CC(=O)O[C@H]1[C@@H](N2CCCC2)CC2C3CC[C@H]4C[C@H](O)[C@@H](N5CCOCC5)C[C@]4(C)C3CC[C@@]21C.C[C@]12CCC3C(CC[C@H]4C[C@H](O)[C@@H](N5CCOCC5)C[C@]34C)C1C[C@H](N1CCCC1)[C@@H]2O. The summed E-state index contributed by atoms with van der Waals surface area (Å²) in [6.45, 7) is 23.5. The Labute approximate surface area is 405 Å². The third-order valence-electron chi connectivity index (χ3n) is 23.8. The summed E-state index contributed by atoms with van der Waals surface area (Å²) in [5.41, 5.74) is 0.842. The van der Waals surface area contributed by atoms with E-state index < -0.39 is 0 Å². The summed E-state index contributed by atoms with van der Waals surface area (Å²) >= 11 is 0. The zero-order valence-corrected chi connectivity index (χ0v) is 42.7. The van der Waals surface area contributed by atoms with Gasteiger partial charge in [0.25, 0.3) is 0 Å². The average Bonchev–Trinajstić information content (AvgIpc) is 4.15. The van der Waals surface area contributed by atoms with Gasteiger partial charge in [0.05, 0.1) is 44.7 Å². The second-order valence-electron chi connectivity index (χ2n) is 26.4. The van der Waals surface area contributed by atoms with Gasteiger partial charge in [-0.2, -0.15) is 0 Å². The first-order valence-electron chi connectivity index (χ1n) is 28.6. The van der Waals surface area contributed by atoms with Gasteiger partial charge in [-0.25, -0.2) is 0 Å². The zero-order chi connectivity index (χ0) is 46.5. The van der Waals surface area contributed by atoms with Crippen molar-refractivity contribution >= 4 is 5.97 Å². The Kier molecular flexibility index (Phi) is 13.6. The van der Waals surface area contributed by atoms with Crippen molar-refractivity contribution < 1.29 is 34.3 Å². The molecule has 0 amide bonds. The monoisotopic (exact) mass is 935 g/mol. The van der Waals surface area contributed by atoms with Gasteiger partial charge in [-0.3, -0.25) is 24.4 Å². The fraction of sp³-hybridized carbons (Fsp3) is 0.982. The maximum atomic E-state index is 12.2. The molecule has 67 heavy (non-hydrogen) atoms. The molecule has 11 heteroatoms. The van der Waals surface area contributed by atoms with Crippen molar-refractivity contribution in [3.63, 3.8) is 0 Å². The quantitative estimate of drug-likeness (QED) is 0.252. The number of morpholine rings is 2. The lowest BCUT2D eigenvalue weighted by atomic mass is 9.44. The third-order valence-corrected chi connectivity index (χ3v) is 23.8. The van der Waals surface area contributed by atoms with Crippen molar-refractivity contribution in [2.45, 2.75) is 199 Å². The molecule has 20 atom stereocenters. The van der Waals surface area contributed by atoms with Crippen molar-refractivity contribution in [3.8, 4) is 0 Å². The minimum Gasteiger partial charge on any atom is -0.460 e. The molecule has 4 aliphatic heterocycles. The van der Waals surface area contributed by atoms with Crippen molar-refractivity contribution in [1.82, 2.24) is 19.6 Å². The highest BCUT2D eigenvalue weighted by molar-refractivity contribution is 5.66. The molecule has 4 saturated heterocycles. The fourth-order valence-electron chi connectivity index (χ4n) is 20.3. The maximum absolute atomic E-state index is 12.2. The molecule has 0 radical (unpaired) electrons. The lowest BCUT2D eigenvalue weighted by Gasteiger charge is -2.62. The number of aliphatic hydroxyl groups excluding tert-OH is 3. The second kappa shape index (κ2) is 18.9. The summed E-state index contributed by atoms with van der Waals surface area (Å²) < 4.78 is 17.4. The molecule has 0 aromatic heterocycles. The summed E-state index contributed by atoms with van der Waals surface area (Å²) in [4.78, 5) is 22.6. The Morgan fingerprint density at radius 1 is 0.493 bits per heavy atom. The Hall–Kier alpha value is -0.890. The zero-order valence-electron chi connectivity index (χ0n) is 42.7. The summed E-state index contributed by atoms with van der Waals surface area (Å²) in [6, 6.07) is 1.38. The van der Waals surface area contributed by atoms with E-state index in [1.54, 1.807) is 6.92 Å². The van der Waals surface area contributed by atoms with Crippen LogP contribution >= 0.6 is 0 Å². The topological polar surface area (TPSA) is 118 Å². The summed E-state index contributed by atoms with van der Waals surface area (Å²) in [6.07, 6.45) is 21.4. The molecule has 6 unspecified atom stereocenters. The Morgan fingerprint density at radius 3 is 1.39 bits per heavy atom. The summed E-state index contributed by atoms with van der Waals surface area (Å²) in [7, 11) is 0. The number of ether oxygens (including phenoxy) is 3. The maximum Gasteiger partial charge on any atom is 0.302 e. The highest BCUT2D eigenvalue weighted by atomic mass is 16.5. The standard InChI is InChI=1S/C29H48N2O4.C27H46N2O3/c1-19(32)35-27-24(30-10-4-5-11-30)17-23-21-7-6-20-16-26(33)25(31-12-14-34-15-13-31)18-29(20,3)22(21)8-9-28(23,27)2;1-26-8-7-20-19(21(26)16-22(25(26)31)28-9-3-4-10-28)6-5-18-15-24(30)23(17-27(18,20)2)29-11-13-32-14-12-29/h20-27,33H,4-18H2,1-3H3;18-25,30-31H,3-17H2,1-2H3/t20-,21?,22?,23?,24-,25-,26-,27-,28-,29-;18-,19?,20?,21?,22-,23-,24-,25-,26-,27-/m00/s1. The smallest absolute Gasteiger partial charge is 0.302 e. The molecular weight excluding hydrogens is 841 g/mol. The van der Waals surface area contributed by atoms with E-state index in [1.807, 2.05) is 0 Å². The number of aliphatic hydroxyl groups is 3. The van der Waals surface area contributed by atoms with E-state index in [0.29, 0.717) is 52.6 Å². The minimum atomic E-state index is -0.198. The van der Waals surface area contributed by atoms with Gasteiger partial charge in [-0.05, 0) is 205 Å². The Morgan fingerprint density at radius 2 is 0.910 bits per heavy atom. The van der Waals surface area contributed by atoms with Crippen LogP contribution in [0.4, 0.5) is 0 Å². The molecule has 0 aromatic carbocycles. The fourth-order valence-corrected chi connectivity index (χ4v) is 20.3. The lowest BCUT2D eigenvalue weighted by Crippen LogP contribution is -2.61. The normalized spacial score (nSPS) is 52.7. The van der Waals surface area contributed by atoms with Crippen LogP contribution in [0.1, 0.15) is 150 Å². The van der Waals surface area contributed by atoms with Crippen LogP contribution in [0.5, 0.6) is 0 Å². The van der Waals surface area contributed by atoms with E-state index in [2.05, 4.69) is 47.3 Å². The molecule has 0 spiro atoms. The molecule has 12 fully saturated rings. The van der Waals surface area contributed by atoms with Gasteiger partial charge >= 0.3 is 5.97 Å². The molecule has 11 nitrogen and oxygen atoms in total. The van der Waals surface area contributed by atoms with E-state index in [0.717, 1.165) is 115 Å². The number of nitrogens with zero attached hydrogens (tertiary/aromatic N) is 4. The highest BCUT2D eigenvalue weighted by Crippen LogP contribution is 2.69. The summed E-state index contributed by atoms with van der Waals surface area (Å²) in [5.74, 6) is 5.50. The van der Waals surface area contributed by atoms with E-state index in [1.165, 1.54) is 103 Å². The van der Waals surface area contributed by atoms with Crippen LogP contribution in [0.2, 0.25) is 0 Å². The number of likely N-dealkylation sites (tertiary alicyclic amines) is 2. The van der Waals surface area contributed by atoms with Gasteiger partial charge in [0.15, 0.2) is 0 Å². The summed E-state index contributed by atoms with van der Waals surface area (Å²) in [5, 5.41) is 33.9. The molecule has 4 heterocycles. The molecule has 12 rings (SSSR count). The van der Waals surface area contributed by atoms with Crippen LogP contribution in [-0.2, 0) is 19.0 Å². The van der Waals surface area contributed by atoms with E-state index >= 15 is 0 Å². The lowest BCUT2D eigenvalue weighted by molar-refractivity contribution is -0.172. The predicted molar refractivity (Wildman–Crippen MR) is 260 cm³/mol. The van der Waals surface area contributed by atoms with E-state index in [9.17, 15) is 20.1 Å². The van der Waals surface area contributed by atoms with Crippen molar-refractivity contribution in [1.29, 1.82) is 0 Å². The highest BCUT2D eigenvalue weighted by Gasteiger charge is 2.66. The largest absolute Gasteiger partial charge is 0.460 e. The van der Waals surface area contributed by atoms with Gasteiger partial charge in [0.2, 0.25) is 0 Å². The van der Waals surface area contributed by atoms with Gasteiger partial charge in [-0.1, -0.05) is 27.7 Å². The van der Waals surface area contributed by atoms with Crippen LogP contribution in [-0.4, -0.2) is 168 Å². The molecule has 8 aliphatic carbocycles. The first-order valence-corrected chi connectivity index (χ1v) is 28.6. The Balaban J connectivity index is 0.000000148. The number of carbonyl (C=O) groups excluding carboxylic acids is 1. The molecule has 3 N–H and O–H groups in total. The minimum absolute atomic E-state index is 0.0452. The Bertz CT molecular complexity index is 1730. The second-order valence-corrected chi connectivity index (χ2v) is 26.4. The van der Waals surface area contributed by atoms with Crippen molar-refractivity contribution in [3.05, 3.63) is 0 Å². The molecule has 12 aliphatic rings.